The number of unbranched alkanes of at least 4 members (excludes halogenated alkanes) is 18. The van der Waals surface area contributed by atoms with Crippen LogP contribution in [0.1, 0.15) is 240 Å². The van der Waals surface area contributed by atoms with Crippen LogP contribution >= 0.6 is 0 Å². The van der Waals surface area contributed by atoms with Crippen LogP contribution in [0.5, 0.6) is 0 Å². The monoisotopic (exact) mass is 766 g/mol. The molecule has 54 heavy (non-hydrogen) atoms. The molecule has 0 saturated heterocycles. The molecule has 0 aliphatic heterocycles. The van der Waals surface area contributed by atoms with Gasteiger partial charge in [-0.25, -0.2) is 0 Å². The van der Waals surface area contributed by atoms with Crippen molar-refractivity contribution in [3.8, 4) is 0 Å². The molecule has 0 aromatic carbocycles. The Morgan fingerprint density at radius 3 is 1.09 bits per heavy atom. The third-order valence-corrected chi connectivity index (χ3v) is 11.2. The van der Waals surface area contributed by atoms with Crippen LogP contribution in [0.15, 0.2) is 0 Å². The summed E-state index contributed by atoms with van der Waals surface area (Å²) in [6.07, 6.45) is 39.0. The quantitative estimate of drug-likeness (QED) is 0.0455. The lowest BCUT2D eigenvalue weighted by Gasteiger charge is -2.19. The lowest BCUT2D eigenvalue weighted by molar-refractivity contribution is -0.146. The zero-order chi connectivity index (χ0) is 39.7. The number of esters is 2. The van der Waals surface area contributed by atoms with Crippen molar-refractivity contribution in [2.75, 3.05) is 40.5 Å². The molecule has 0 aromatic heterocycles. The highest BCUT2D eigenvalue weighted by atomic mass is 16.5. The van der Waals surface area contributed by atoms with E-state index in [0.29, 0.717) is 44.0 Å². The zero-order valence-corrected chi connectivity index (χ0v) is 37.4. The Bertz CT molecular complexity index is 713. The molecule has 0 N–H and O–H groups in total. The van der Waals surface area contributed by atoms with Crippen LogP contribution in [0.3, 0.4) is 0 Å². The van der Waals surface area contributed by atoms with Crippen molar-refractivity contribution in [3.05, 3.63) is 0 Å². The number of carbonyl (C=O) groups is 2. The first-order valence-corrected chi connectivity index (χ1v) is 23.9. The third-order valence-electron chi connectivity index (χ3n) is 11.2. The molecule has 0 spiro atoms. The van der Waals surface area contributed by atoms with Gasteiger partial charge >= 0.3 is 11.9 Å². The molecule has 6 nitrogen and oxygen atoms in total. The maximum absolute atomic E-state index is 12.5. The van der Waals surface area contributed by atoms with Crippen molar-refractivity contribution in [2.45, 2.75) is 246 Å². The number of hydrogen-bond donors (Lipinski definition) is 0. The molecule has 0 heterocycles. The predicted molar refractivity (Wildman–Crippen MR) is 232 cm³/mol. The summed E-state index contributed by atoms with van der Waals surface area (Å²) in [5, 5.41) is 0. The molecule has 0 aromatic rings. The molecule has 0 aliphatic rings. The molecule has 0 aliphatic carbocycles. The van der Waals surface area contributed by atoms with E-state index < -0.39 is 0 Å². The minimum atomic E-state index is 0.0250. The third kappa shape index (κ3) is 37.8. The minimum Gasteiger partial charge on any atom is -0.466 e. The van der Waals surface area contributed by atoms with Crippen LogP contribution in [0.25, 0.3) is 0 Å². The van der Waals surface area contributed by atoms with Gasteiger partial charge in [0.05, 0.1) is 19.3 Å². The lowest BCUT2D eigenvalue weighted by Crippen LogP contribution is -2.18. The van der Waals surface area contributed by atoms with E-state index in [1.807, 2.05) is 0 Å². The van der Waals surface area contributed by atoms with Crippen molar-refractivity contribution in [2.24, 2.45) is 11.8 Å². The maximum Gasteiger partial charge on any atom is 0.306 e. The average molecular weight is 766 g/mol. The fourth-order valence-electron chi connectivity index (χ4n) is 7.69. The summed E-state index contributed by atoms with van der Waals surface area (Å²) in [4.78, 5) is 27.2. The van der Waals surface area contributed by atoms with E-state index in [2.05, 4.69) is 46.7 Å². The fraction of sp³-hybridized carbons (Fsp3) is 0.958. The van der Waals surface area contributed by atoms with Gasteiger partial charge in [0, 0.05) is 19.4 Å². The minimum absolute atomic E-state index is 0.0250. The molecule has 0 amide bonds. The van der Waals surface area contributed by atoms with E-state index in [1.165, 1.54) is 167 Å². The molecule has 6 heteroatoms. The van der Waals surface area contributed by atoms with E-state index in [-0.39, 0.29) is 11.9 Å². The van der Waals surface area contributed by atoms with Crippen LogP contribution in [0, 0.1) is 11.8 Å². The summed E-state index contributed by atoms with van der Waals surface area (Å²) >= 11 is 0. The van der Waals surface area contributed by atoms with Gasteiger partial charge < -0.3 is 19.1 Å². The van der Waals surface area contributed by atoms with Gasteiger partial charge in [-0.2, -0.15) is 0 Å². The Balaban J connectivity index is 4.15. The number of ether oxygens (including phenoxy) is 3. The highest BCUT2D eigenvalue weighted by molar-refractivity contribution is 5.70. The lowest BCUT2D eigenvalue weighted by atomic mass is 9.92. The first-order chi connectivity index (χ1) is 26.4. The molecule has 0 atom stereocenters. The summed E-state index contributed by atoms with van der Waals surface area (Å²) in [7, 11) is 4.26. The topological polar surface area (TPSA) is 65.1 Å². The highest BCUT2D eigenvalue weighted by Crippen LogP contribution is 2.23. The van der Waals surface area contributed by atoms with Gasteiger partial charge in [0.2, 0.25) is 0 Å². The van der Waals surface area contributed by atoms with Gasteiger partial charge in [-0.15, -0.1) is 0 Å². The predicted octanol–water partition coefficient (Wildman–Crippen LogP) is 14.2. The number of nitrogens with zero attached hydrogens (tertiary/aromatic N) is 1. The van der Waals surface area contributed by atoms with Crippen LogP contribution in [0.4, 0.5) is 0 Å². The largest absolute Gasteiger partial charge is 0.466 e. The maximum atomic E-state index is 12.5. The van der Waals surface area contributed by atoms with Crippen molar-refractivity contribution in [3.63, 3.8) is 0 Å². The van der Waals surface area contributed by atoms with E-state index in [9.17, 15) is 9.59 Å². The van der Waals surface area contributed by atoms with Crippen LogP contribution in [-0.2, 0) is 23.8 Å². The van der Waals surface area contributed by atoms with Gasteiger partial charge in [-0.1, -0.05) is 169 Å². The normalized spacial score (nSPS) is 11.8. The molecule has 0 saturated carbocycles. The number of rotatable bonds is 43. The molecular weight excluding hydrogens is 671 g/mol. The average Bonchev–Trinajstić information content (AvgIpc) is 3.14. The summed E-state index contributed by atoms with van der Waals surface area (Å²) in [6, 6.07) is 0. The zero-order valence-electron chi connectivity index (χ0n) is 37.4. The Kier molecular flexibility index (Phi) is 40.6. The van der Waals surface area contributed by atoms with Crippen molar-refractivity contribution in [1.29, 1.82) is 0 Å². The molecule has 0 fully saturated rings. The Morgan fingerprint density at radius 1 is 0.407 bits per heavy atom. The first-order valence-electron chi connectivity index (χ1n) is 23.9. The van der Waals surface area contributed by atoms with E-state index in [0.717, 1.165) is 45.3 Å². The summed E-state index contributed by atoms with van der Waals surface area (Å²) in [5.41, 5.74) is 0. The van der Waals surface area contributed by atoms with E-state index in [1.54, 1.807) is 0 Å². The number of carbonyl (C=O) groups excluding carboxylic acids is 2. The van der Waals surface area contributed by atoms with Gasteiger partial charge in [0.15, 0.2) is 0 Å². The van der Waals surface area contributed by atoms with E-state index >= 15 is 0 Å². The van der Waals surface area contributed by atoms with E-state index in [4.69, 9.17) is 14.2 Å². The highest BCUT2D eigenvalue weighted by Gasteiger charge is 2.16. The van der Waals surface area contributed by atoms with Crippen LogP contribution in [0.2, 0.25) is 0 Å². The fourth-order valence-corrected chi connectivity index (χ4v) is 7.69. The molecule has 0 radical (unpaired) electrons. The molecular formula is C48H95NO5. The molecule has 0 rings (SSSR count). The van der Waals surface area contributed by atoms with Gasteiger partial charge in [0.1, 0.15) is 0 Å². The van der Waals surface area contributed by atoms with Crippen molar-refractivity contribution >= 4 is 11.9 Å². The standard InChI is InChI=1S/C48H95NO5/c1-7-11-23-32-44(33-24-12-8-2)42-47(50)53-39-29-21-17-15-19-27-36-46(52-41-31-38-49(5)6)37-28-20-16-18-22-30-40-54-48(51)43-45(34-25-13-9-3)35-26-14-10-4/h44-46H,7-43H2,1-6H3. The molecule has 322 valence electrons. The summed E-state index contributed by atoms with van der Waals surface area (Å²) < 4.78 is 17.7. The summed E-state index contributed by atoms with van der Waals surface area (Å²) in [5.74, 6) is 1.07. The second-order valence-electron chi connectivity index (χ2n) is 17.0. The SMILES string of the molecule is CCCCCC(CCCCC)CC(=O)OCCCCCCCCC(CCCCCCCCOC(=O)CC(CCCCC)CCCCC)OCCCN(C)C. The van der Waals surface area contributed by atoms with Gasteiger partial charge in [-0.3, -0.25) is 9.59 Å². The van der Waals surface area contributed by atoms with Crippen molar-refractivity contribution < 1.29 is 23.8 Å². The van der Waals surface area contributed by atoms with Gasteiger partial charge in [-0.05, 0) is 90.3 Å². The Morgan fingerprint density at radius 2 is 0.741 bits per heavy atom. The van der Waals surface area contributed by atoms with Crippen molar-refractivity contribution in [1.82, 2.24) is 4.90 Å². The smallest absolute Gasteiger partial charge is 0.306 e. The first kappa shape index (κ1) is 52.9. The second kappa shape index (κ2) is 41.5. The molecule has 0 unspecified atom stereocenters. The Hall–Kier alpha value is -1.14. The Labute approximate surface area is 337 Å². The van der Waals surface area contributed by atoms with Crippen LogP contribution < -0.4 is 0 Å². The molecule has 0 bridgehead atoms. The van der Waals surface area contributed by atoms with Crippen LogP contribution in [-0.4, -0.2) is 63.4 Å². The number of hydrogen-bond acceptors (Lipinski definition) is 6. The van der Waals surface area contributed by atoms with Gasteiger partial charge in [0.25, 0.3) is 0 Å². The summed E-state index contributed by atoms with van der Waals surface area (Å²) in [6.45, 7) is 12.1. The second-order valence-corrected chi connectivity index (χ2v) is 17.0.